The zero-order chi connectivity index (χ0) is 18.5. The Morgan fingerprint density at radius 2 is 1.62 bits per heavy atom. The van der Waals surface area contributed by atoms with E-state index >= 15 is 0 Å². The number of anilines is 1. The quantitative estimate of drug-likeness (QED) is 0.705. The maximum Gasteiger partial charge on any atom is 0.310 e. The first-order chi connectivity index (χ1) is 12.5. The summed E-state index contributed by atoms with van der Waals surface area (Å²) < 4.78 is 5.14. The Hall–Kier alpha value is -3.14. The Morgan fingerprint density at radius 3 is 2.38 bits per heavy atom. The molecule has 3 rings (SSSR count). The highest BCUT2D eigenvalue weighted by atomic mass is 16.5. The number of nitrogens with one attached hydrogen (secondary N) is 1. The van der Waals surface area contributed by atoms with Gasteiger partial charge >= 0.3 is 5.97 Å². The third-order valence-corrected chi connectivity index (χ3v) is 4.08. The fraction of sp³-hybridized carbons (Fsp3) is 0.182. The molecule has 3 aromatic rings. The molecule has 0 unspecified atom stereocenters. The fourth-order valence-electron chi connectivity index (χ4n) is 3.04. The van der Waals surface area contributed by atoms with Gasteiger partial charge in [-0.3, -0.25) is 9.59 Å². The van der Waals surface area contributed by atoms with Gasteiger partial charge in [0, 0.05) is 5.69 Å². The van der Waals surface area contributed by atoms with Crippen LogP contribution in [0.2, 0.25) is 0 Å². The van der Waals surface area contributed by atoms with Gasteiger partial charge in [0.25, 0.3) is 5.91 Å². The van der Waals surface area contributed by atoms with Gasteiger partial charge in [-0.2, -0.15) is 0 Å². The van der Waals surface area contributed by atoms with Crippen molar-refractivity contribution in [3.05, 3.63) is 77.4 Å². The molecule has 0 aromatic heterocycles. The predicted molar refractivity (Wildman–Crippen MR) is 103 cm³/mol. The summed E-state index contributed by atoms with van der Waals surface area (Å²) in [5.41, 5.74) is 3.72. The summed E-state index contributed by atoms with van der Waals surface area (Å²) in [6, 6.07) is 19.5. The lowest BCUT2D eigenvalue weighted by atomic mass is 10.0. The number of carbonyl (C=O) groups excluding carboxylic acids is 2. The van der Waals surface area contributed by atoms with Gasteiger partial charge in [0.1, 0.15) is 0 Å². The second-order valence-electron chi connectivity index (χ2n) is 6.40. The second-order valence-corrected chi connectivity index (χ2v) is 6.40. The van der Waals surface area contributed by atoms with Gasteiger partial charge in [-0.05, 0) is 53.4 Å². The molecule has 1 N–H and O–H groups in total. The van der Waals surface area contributed by atoms with Gasteiger partial charge in [-0.25, -0.2) is 0 Å². The molecule has 132 valence electrons. The van der Waals surface area contributed by atoms with Gasteiger partial charge in [-0.15, -0.1) is 0 Å². The van der Waals surface area contributed by atoms with Crippen LogP contribution in [0, 0.1) is 13.8 Å². The molecule has 4 nitrogen and oxygen atoms in total. The molecule has 1 amide bonds. The molecule has 0 aliphatic carbocycles. The van der Waals surface area contributed by atoms with E-state index in [-0.39, 0.29) is 18.9 Å². The molecule has 0 radical (unpaired) electrons. The Morgan fingerprint density at radius 1 is 0.923 bits per heavy atom. The maximum absolute atomic E-state index is 12.1. The van der Waals surface area contributed by atoms with E-state index in [9.17, 15) is 9.59 Å². The van der Waals surface area contributed by atoms with Crippen LogP contribution in [0.15, 0.2) is 60.7 Å². The molecular weight excluding hydrogens is 326 g/mol. The van der Waals surface area contributed by atoms with Crippen molar-refractivity contribution >= 4 is 28.3 Å². The number of benzene rings is 3. The first-order valence-corrected chi connectivity index (χ1v) is 8.52. The number of fused-ring (bicyclic) bond motifs is 1. The van der Waals surface area contributed by atoms with E-state index in [1.165, 1.54) is 0 Å². The van der Waals surface area contributed by atoms with E-state index < -0.39 is 5.97 Å². The number of aryl methyl sites for hydroxylation is 2. The number of esters is 1. The van der Waals surface area contributed by atoms with Crippen LogP contribution in [-0.4, -0.2) is 18.5 Å². The van der Waals surface area contributed by atoms with Crippen molar-refractivity contribution in [2.45, 2.75) is 20.3 Å². The summed E-state index contributed by atoms with van der Waals surface area (Å²) >= 11 is 0. The molecule has 0 aliphatic rings. The topological polar surface area (TPSA) is 55.4 Å². The summed E-state index contributed by atoms with van der Waals surface area (Å²) in [6.45, 7) is 3.64. The second kappa shape index (κ2) is 7.83. The number of ether oxygens (including phenoxy) is 1. The van der Waals surface area contributed by atoms with E-state index in [0.29, 0.717) is 5.69 Å². The Labute approximate surface area is 152 Å². The highest BCUT2D eigenvalue weighted by molar-refractivity contribution is 5.93. The fourth-order valence-corrected chi connectivity index (χ4v) is 3.04. The third-order valence-electron chi connectivity index (χ3n) is 4.08. The molecule has 26 heavy (non-hydrogen) atoms. The van der Waals surface area contributed by atoms with E-state index in [0.717, 1.165) is 27.5 Å². The molecule has 0 bridgehead atoms. The Balaban J connectivity index is 1.57. The molecule has 0 fully saturated rings. The van der Waals surface area contributed by atoms with Crippen molar-refractivity contribution in [3.63, 3.8) is 0 Å². The van der Waals surface area contributed by atoms with Crippen LogP contribution in [0.1, 0.15) is 16.7 Å². The molecule has 0 spiro atoms. The van der Waals surface area contributed by atoms with Crippen LogP contribution < -0.4 is 5.32 Å². The zero-order valence-electron chi connectivity index (χ0n) is 14.9. The molecule has 0 aliphatic heterocycles. The predicted octanol–water partition coefficient (Wildman–Crippen LogP) is 4.18. The minimum atomic E-state index is -0.420. The Bertz CT molecular complexity index is 937. The molecule has 0 atom stereocenters. The number of hydrogen-bond donors (Lipinski definition) is 1. The summed E-state index contributed by atoms with van der Waals surface area (Å²) in [6.07, 6.45) is 0.137. The monoisotopic (exact) mass is 347 g/mol. The minimum Gasteiger partial charge on any atom is -0.455 e. The SMILES string of the molecule is Cc1cc(C)cc(NC(=O)COC(=O)Cc2cccc3ccccc23)c1. The van der Waals surface area contributed by atoms with Gasteiger partial charge in [-0.1, -0.05) is 48.5 Å². The molecule has 4 heteroatoms. The van der Waals surface area contributed by atoms with Crippen molar-refractivity contribution in [1.82, 2.24) is 0 Å². The third kappa shape index (κ3) is 4.48. The maximum atomic E-state index is 12.1. The zero-order valence-corrected chi connectivity index (χ0v) is 14.9. The van der Waals surface area contributed by atoms with Gasteiger partial charge < -0.3 is 10.1 Å². The standard InChI is InChI=1S/C22H21NO3/c1-15-10-16(2)12-19(11-15)23-21(24)14-26-22(25)13-18-8-5-7-17-6-3-4-9-20(17)18/h3-12H,13-14H2,1-2H3,(H,23,24). The van der Waals surface area contributed by atoms with E-state index in [1.807, 2.05) is 74.5 Å². The first kappa shape index (κ1) is 17.7. The summed E-state index contributed by atoms with van der Waals surface area (Å²) in [7, 11) is 0. The van der Waals surface area contributed by atoms with Crippen LogP contribution in [0.5, 0.6) is 0 Å². The molecule has 0 saturated carbocycles. The van der Waals surface area contributed by atoms with Gasteiger partial charge in [0.05, 0.1) is 6.42 Å². The van der Waals surface area contributed by atoms with Crippen LogP contribution in [0.3, 0.4) is 0 Å². The van der Waals surface area contributed by atoms with E-state index in [4.69, 9.17) is 4.74 Å². The van der Waals surface area contributed by atoms with Crippen LogP contribution in [-0.2, 0) is 20.7 Å². The highest BCUT2D eigenvalue weighted by Gasteiger charge is 2.11. The van der Waals surface area contributed by atoms with Crippen molar-refractivity contribution in [3.8, 4) is 0 Å². The largest absolute Gasteiger partial charge is 0.455 e. The van der Waals surface area contributed by atoms with Gasteiger partial charge in [0.15, 0.2) is 6.61 Å². The molecule has 0 heterocycles. The molecular formula is C22H21NO3. The normalized spacial score (nSPS) is 10.5. The Kier molecular flexibility index (Phi) is 5.32. The van der Waals surface area contributed by atoms with Crippen molar-refractivity contribution in [2.75, 3.05) is 11.9 Å². The van der Waals surface area contributed by atoms with Crippen molar-refractivity contribution in [1.29, 1.82) is 0 Å². The van der Waals surface area contributed by atoms with Crippen LogP contribution in [0.25, 0.3) is 10.8 Å². The smallest absolute Gasteiger partial charge is 0.310 e. The molecule has 0 saturated heterocycles. The first-order valence-electron chi connectivity index (χ1n) is 8.52. The van der Waals surface area contributed by atoms with Crippen LogP contribution in [0.4, 0.5) is 5.69 Å². The average Bonchev–Trinajstić information content (AvgIpc) is 2.59. The summed E-state index contributed by atoms with van der Waals surface area (Å²) in [4.78, 5) is 24.1. The lowest BCUT2D eigenvalue weighted by Gasteiger charge is -2.09. The number of rotatable bonds is 5. The summed E-state index contributed by atoms with van der Waals surface area (Å²) in [5, 5.41) is 4.85. The number of carbonyl (C=O) groups is 2. The lowest BCUT2D eigenvalue weighted by Crippen LogP contribution is -2.21. The molecule has 3 aromatic carbocycles. The number of hydrogen-bond acceptors (Lipinski definition) is 3. The number of amides is 1. The van der Waals surface area contributed by atoms with Crippen molar-refractivity contribution < 1.29 is 14.3 Å². The van der Waals surface area contributed by atoms with Gasteiger partial charge in [0.2, 0.25) is 0 Å². The van der Waals surface area contributed by atoms with Crippen LogP contribution >= 0.6 is 0 Å². The van der Waals surface area contributed by atoms with E-state index in [2.05, 4.69) is 5.32 Å². The minimum absolute atomic E-state index is 0.137. The van der Waals surface area contributed by atoms with E-state index in [1.54, 1.807) is 0 Å². The highest BCUT2D eigenvalue weighted by Crippen LogP contribution is 2.19. The lowest BCUT2D eigenvalue weighted by molar-refractivity contribution is -0.146. The summed E-state index contributed by atoms with van der Waals surface area (Å²) in [5.74, 6) is -0.766. The van der Waals surface area contributed by atoms with Crippen molar-refractivity contribution in [2.24, 2.45) is 0 Å². The average molecular weight is 347 g/mol.